The molecule has 1 unspecified atom stereocenters. The Labute approximate surface area is 136 Å². The molecule has 0 spiro atoms. The molecule has 0 aliphatic carbocycles. The Kier molecular flexibility index (Phi) is 7.14. The molecule has 110 valence electrons. The van der Waals surface area contributed by atoms with Crippen LogP contribution >= 0.6 is 34.4 Å². The number of urea groups is 1. The molecule has 3 N–H and O–H groups in total. The molecule has 0 heterocycles. The van der Waals surface area contributed by atoms with E-state index in [0.29, 0.717) is 5.69 Å². The lowest BCUT2D eigenvalue weighted by atomic mass is 10.2. The average molecular weight is 408 g/mol. The van der Waals surface area contributed by atoms with Gasteiger partial charge in [-0.3, -0.25) is 0 Å². The zero-order chi connectivity index (χ0) is 15.1. The number of hydrogen-bond acceptors (Lipinski definition) is 3. The summed E-state index contributed by atoms with van der Waals surface area (Å²) in [7, 11) is 0. The van der Waals surface area contributed by atoms with Crippen LogP contribution in [0.4, 0.5) is 10.5 Å². The number of rotatable bonds is 6. The van der Waals surface area contributed by atoms with Gasteiger partial charge in [-0.1, -0.05) is 6.92 Å². The maximum Gasteiger partial charge on any atom is 0.337 e. The summed E-state index contributed by atoms with van der Waals surface area (Å²) in [6.07, 6.45) is 2.80. The Morgan fingerprint density at radius 3 is 2.70 bits per heavy atom. The van der Waals surface area contributed by atoms with Gasteiger partial charge >= 0.3 is 12.0 Å². The van der Waals surface area contributed by atoms with Crippen molar-refractivity contribution in [2.45, 2.75) is 19.4 Å². The molecule has 1 aromatic carbocycles. The number of nitrogens with one attached hydrogen (secondary N) is 2. The van der Waals surface area contributed by atoms with Crippen molar-refractivity contribution < 1.29 is 14.7 Å². The summed E-state index contributed by atoms with van der Waals surface area (Å²) in [5.41, 5.74) is 0.388. The molecule has 20 heavy (non-hydrogen) atoms. The van der Waals surface area contributed by atoms with Crippen LogP contribution in [-0.2, 0) is 0 Å². The Balaban J connectivity index is 2.77. The number of aromatic carboxylic acids is 1. The smallest absolute Gasteiger partial charge is 0.337 e. The number of halogens is 1. The largest absolute Gasteiger partial charge is 0.478 e. The maximum absolute atomic E-state index is 11.9. The summed E-state index contributed by atoms with van der Waals surface area (Å²) in [5.74, 6) is -0.238. The van der Waals surface area contributed by atoms with E-state index in [2.05, 4.69) is 10.6 Å². The van der Waals surface area contributed by atoms with Gasteiger partial charge in [-0.25, -0.2) is 9.59 Å². The number of carbonyl (C=O) groups excluding carboxylic acids is 1. The quantitative estimate of drug-likeness (QED) is 0.632. The number of benzene rings is 1. The summed E-state index contributed by atoms with van der Waals surface area (Å²) in [5, 5.41) is 14.6. The van der Waals surface area contributed by atoms with Gasteiger partial charge in [-0.05, 0) is 53.5 Å². The molecule has 0 aliphatic heterocycles. The third-order valence-corrected chi connectivity index (χ3v) is 4.06. The number of hydrogen-bond donors (Lipinski definition) is 3. The SMILES string of the molecule is CCC(CSC)NC(=O)Nc1ccc(I)cc1C(=O)O. The zero-order valence-corrected chi connectivity index (χ0v) is 14.2. The van der Waals surface area contributed by atoms with Gasteiger partial charge in [0.1, 0.15) is 0 Å². The van der Waals surface area contributed by atoms with Crippen molar-refractivity contribution in [3.05, 3.63) is 27.3 Å². The number of carboxylic acids is 1. The van der Waals surface area contributed by atoms with Crippen LogP contribution in [0.25, 0.3) is 0 Å². The minimum absolute atomic E-state index is 0.0714. The standard InChI is InChI=1S/C13H17IN2O3S/c1-3-9(7-20-2)15-13(19)16-11-5-4-8(14)6-10(11)12(17)18/h4-6,9H,3,7H2,1-2H3,(H,17,18)(H2,15,16,19). The summed E-state index contributed by atoms with van der Waals surface area (Å²) >= 11 is 3.69. The number of carbonyl (C=O) groups is 2. The van der Waals surface area contributed by atoms with E-state index in [4.69, 9.17) is 5.11 Å². The fourth-order valence-corrected chi connectivity index (χ4v) is 2.82. The maximum atomic E-state index is 11.9. The van der Waals surface area contributed by atoms with Crippen molar-refractivity contribution in [1.82, 2.24) is 5.32 Å². The minimum atomic E-state index is -1.06. The van der Waals surface area contributed by atoms with E-state index in [1.807, 2.05) is 35.8 Å². The van der Waals surface area contributed by atoms with Gasteiger partial charge in [0.05, 0.1) is 11.3 Å². The first kappa shape index (κ1) is 17.1. The van der Waals surface area contributed by atoms with Gasteiger partial charge in [0.15, 0.2) is 0 Å². The minimum Gasteiger partial charge on any atom is -0.478 e. The predicted octanol–water partition coefficient (Wildman–Crippen LogP) is 3.25. The van der Waals surface area contributed by atoms with Crippen LogP contribution < -0.4 is 10.6 Å². The van der Waals surface area contributed by atoms with Crippen LogP contribution in [0.5, 0.6) is 0 Å². The summed E-state index contributed by atoms with van der Waals surface area (Å²) in [4.78, 5) is 23.0. The highest BCUT2D eigenvalue weighted by molar-refractivity contribution is 14.1. The molecule has 1 atom stereocenters. The second-order valence-electron chi connectivity index (χ2n) is 4.15. The molecule has 0 saturated heterocycles. The molecule has 5 nitrogen and oxygen atoms in total. The molecule has 0 radical (unpaired) electrons. The highest BCUT2D eigenvalue weighted by Crippen LogP contribution is 2.19. The fourth-order valence-electron chi connectivity index (χ4n) is 1.61. The van der Waals surface area contributed by atoms with Crippen molar-refractivity contribution in [2.75, 3.05) is 17.3 Å². The van der Waals surface area contributed by atoms with E-state index in [0.717, 1.165) is 15.7 Å². The first-order chi connectivity index (χ1) is 9.47. The van der Waals surface area contributed by atoms with Crippen molar-refractivity contribution >= 4 is 52.0 Å². The Morgan fingerprint density at radius 2 is 2.15 bits per heavy atom. The first-order valence-electron chi connectivity index (χ1n) is 6.07. The fraction of sp³-hybridized carbons (Fsp3) is 0.385. The van der Waals surface area contributed by atoms with Gasteiger partial charge in [0.25, 0.3) is 0 Å². The summed E-state index contributed by atoms with van der Waals surface area (Å²) in [6.45, 7) is 1.99. The molecule has 0 aromatic heterocycles. The Bertz CT molecular complexity index is 497. The van der Waals surface area contributed by atoms with Crippen LogP contribution in [-0.4, -0.2) is 35.2 Å². The van der Waals surface area contributed by atoms with Crippen LogP contribution in [0.1, 0.15) is 23.7 Å². The molecule has 0 aliphatic rings. The van der Waals surface area contributed by atoms with E-state index < -0.39 is 5.97 Å². The van der Waals surface area contributed by atoms with Gasteiger partial charge < -0.3 is 15.7 Å². The average Bonchev–Trinajstić information content (AvgIpc) is 2.40. The van der Waals surface area contributed by atoms with Crippen LogP contribution in [0.3, 0.4) is 0 Å². The molecule has 2 amide bonds. The summed E-state index contributed by atoms with van der Waals surface area (Å²) in [6, 6.07) is 4.57. The van der Waals surface area contributed by atoms with E-state index in [1.54, 1.807) is 23.9 Å². The molecular formula is C13H17IN2O3S. The molecule has 1 aromatic rings. The van der Waals surface area contributed by atoms with E-state index in [-0.39, 0.29) is 17.6 Å². The van der Waals surface area contributed by atoms with Crippen molar-refractivity contribution in [2.24, 2.45) is 0 Å². The number of amides is 2. The molecule has 1 rings (SSSR count). The molecular weight excluding hydrogens is 391 g/mol. The third-order valence-electron chi connectivity index (χ3n) is 2.66. The third kappa shape index (κ3) is 5.20. The topological polar surface area (TPSA) is 78.4 Å². The van der Waals surface area contributed by atoms with E-state index >= 15 is 0 Å². The zero-order valence-electron chi connectivity index (χ0n) is 11.3. The van der Waals surface area contributed by atoms with E-state index in [9.17, 15) is 9.59 Å². The normalized spacial score (nSPS) is 11.8. The highest BCUT2D eigenvalue weighted by Gasteiger charge is 2.15. The Morgan fingerprint density at radius 1 is 1.45 bits per heavy atom. The van der Waals surface area contributed by atoms with Crippen molar-refractivity contribution in [3.63, 3.8) is 0 Å². The first-order valence-corrected chi connectivity index (χ1v) is 8.54. The lowest BCUT2D eigenvalue weighted by Gasteiger charge is -2.17. The van der Waals surface area contributed by atoms with Gasteiger partial charge in [-0.2, -0.15) is 11.8 Å². The van der Waals surface area contributed by atoms with Gasteiger partial charge in [0.2, 0.25) is 0 Å². The van der Waals surface area contributed by atoms with Crippen LogP contribution in [0.2, 0.25) is 0 Å². The lowest BCUT2D eigenvalue weighted by Crippen LogP contribution is -2.39. The highest BCUT2D eigenvalue weighted by atomic mass is 127. The van der Waals surface area contributed by atoms with Crippen LogP contribution in [0, 0.1) is 3.57 Å². The van der Waals surface area contributed by atoms with Crippen LogP contribution in [0.15, 0.2) is 18.2 Å². The van der Waals surface area contributed by atoms with Crippen molar-refractivity contribution in [3.8, 4) is 0 Å². The molecule has 0 fully saturated rings. The summed E-state index contributed by atoms with van der Waals surface area (Å²) < 4.78 is 0.805. The predicted molar refractivity (Wildman–Crippen MR) is 90.7 cm³/mol. The second-order valence-corrected chi connectivity index (χ2v) is 6.31. The molecule has 0 bridgehead atoms. The number of thioether (sulfide) groups is 1. The number of carboxylic acid groups (broad SMARTS) is 1. The monoisotopic (exact) mass is 408 g/mol. The molecule has 7 heteroatoms. The van der Waals surface area contributed by atoms with Gasteiger partial charge in [-0.15, -0.1) is 0 Å². The van der Waals surface area contributed by atoms with E-state index in [1.165, 1.54) is 6.07 Å². The second kappa shape index (κ2) is 8.35. The number of anilines is 1. The van der Waals surface area contributed by atoms with Crippen molar-refractivity contribution in [1.29, 1.82) is 0 Å². The lowest BCUT2D eigenvalue weighted by molar-refractivity contribution is 0.0698. The van der Waals surface area contributed by atoms with Gasteiger partial charge in [0, 0.05) is 15.4 Å². The molecule has 0 saturated carbocycles. The Hall–Kier alpha value is -0.960.